The number of thiazole rings is 1. The van der Waals surface area contributed by atoms with Gasteiger partial charge in [0, 0.05) is 30.4 Å². The molecule has 1 aromatic carbocycles. The number of ether oxygens (including phenoxy) is 1. The van der Waals surface area contributed by atoms with E-state index in [-0.39, 0.29) is 40.4 Å². The minimum atomic E-state index is -0.193. The second kappa shape index (κ2) is 7.79. The third-order valence-corrected chi connectivity index (χ3v) is 5.19. The summed E-state index contributed by atoms with van der Waals surface area (Å²) in [5, 5.41) is 1.23. The quantitative estimate of drug-likeness (QED) is 0.325. The number of halogens is 1. The molecule has 2 aromatic rings. The fourth-order valence-corrected chi connectivity index (χ4v) is 4.11. The predicted molar refractivity (Wildman–Crippen MR) is 74.8 cm³/mol. The summed E-state index contributed by atoms with van der Waals surface area (Å²) in [4.78, 5) is 15.2. The second-order valence-corrected chi connectivity index (χ2v) is 6.46. The van der Waals surface area contributed by atoms with Crippen molar-refractivity contribution in [2.75, 3.05) is 6.61 Å². The number of para-hydroxylation sites is 1. The van der Waals surface area contributed by atoms with Gasteiger partial charge < -0.3 is 28.7 Å². The van der Waals surface area contributed by atoms with Gasteiger partial charge in [0.25, 0.3) is 0 Å². The minimum absolute atomic E-state index is 0. The predicted octanol–water partition coefficient (Wildman–Crippen LogP) is 0.640. The maximum Gasteiger partial charge on any atom is 0.302 e. The highest BCUT2D eigenvalue weighted by Crippen LogP contribution is 2.35. The molecule has 0 amide bonds. The van der Waals surface area contributed by atoms with Crippen LogP contribution in [-0.4, -0.2) is 17.6 Å². The molecular weight excluding hydrogens is 373 g/mol. The summed E-state index contributed by atoms with van der Waals surface area (Å²) in [5.41, 5.74) is 1.12. The van der Waals surface area contributed by atoms with Gasteiger partial charge in [-0.1, -0.05) is 12.1 Å². The van der Waals surface area contributed by atoms with E-state index in [2.05, 4.69) is 30.1 Å². The average Bonchev–Trinajstić information content (AvgIpc) is 2.65. The number of rotatable bonds is 5. The molecule has 0 saturated heterocycles. The largest absolute Gasteiger partial charge is 1.00 e. The van der Waals surface area contributed by atoms with Crippen LogP contribution in [0.2, 0.25) is 0 Å². The zero-order valence-electron chi connectivity index (χ0n) is 11.2. The number of carbonyl (C=O) groups is 1. The zero-order chi connectivity index (χ0) is 13.0. The van der Waals surface area contributed by atoms with Crippen molar-refractivity contribution in [2.24, 2.45) is 0 Å². The number of esters is 1. The maximum absolute atomic E-state index is 10.6. The van der Waals surface area contributed by atoms with Gasteiger partial charge in [0.1, 0.15) is 11.3 Å². The van der Waals surface area contributed by atoms with Crippen LogP contribution in [-0.2, 0) is 15.3 Å². The van der Waals surface area contributed by atoms with Crippen molar-refractivity contribution >= 4 is 26.7 Å². The van der Waals surface area contributed by atoms with Crippen molar-refractivity contribution in [2.45, 2.75) is 32.4 Å². The molecule has 19 heavy (non-hydrogen) atoms. The monoisotopic (exact) mass is 391 g/mol. The van der Waals surface area contributed by atoms with E-state index in [4.69, 9.17) is 4.74 Å². The van der Waals surface area contributed by atoms with Crippen molar-refractivity contribution in [3.63, 3.8) is 0 Å². The van der Waals surface area contributed by atoms with Gasteiger partial charge in [0.15, 0.2) is 0 Å². The molecule has 0 radical (unpaired) electrons. The Kier molecular flexibility index (Phi) is 6.71. The first kappa shape index (κ1) is 16.4. The molecule has 0 bridgehead atoms. The van der Waals surface area contributed by atoms with E-state index in [9.17, 15) is 4.79 Å². The molecule has 0 aliphatic heterocycles. The summed E-state index contributed by atoms with van der Waals surface area (Å²) in [5.74, 6) is 0.912. The number of benzene rings is 1. The molecule has 0 aliphatic rings. The highest BCUT2D eigenvalue weighted by atomic mass is 127. The Labute approximate surface area is 133 Å². The SMILES string of the molecule is CC(=O)OCCCC[s+]1c(C)nc2ccccc21.[I-]. The molecule has 1 atom stereocenters. The molecule has 1 aromatic heterocycles. The number of unbranched alkanes of at least 4 members (excludes halogenated alkanes) is 1. The molecule has 0 aliphatic carbocycles. The van der Waals surface area contributed by atoms with Crippen molar-refractivity contribution in [1.29, 1.82) is 0 Å². The lowest BCUT2D eigenvalue weighted by molar-refractivity contribution is -0.141. The second-order valence-electron chi connectivity index (χ2n) is 4.24. The Hall–Kier alpha value is -0.690. The van der Waals surface area contributed by atoms with Gasteiger partial charge in [-0.2, -0.15) is 4.98 Å². The molecule has 0 N–H and O–H groups in total. The number of hydrogen-bond acceptors (Lipinski definition) is 3. The number of aryl methyl sites for hydroxylation is 2. The maximum atomic E-state index is 10.6. The van der Waals surface area contributed by atoms with E-state index >= 15 is 0 Å². The summed E-state index contributed by atoms with van der Waals surface area (Å²) < 4.78 is 6.30. The van der Waals surface area contributed by atoms with Gasteiger partial charge in [-0.3, -0.25) is 4.79 Å². The van der Waals surface area contributed by atoms with Gasteiger partial charge in [-0.15, -0.1) is 0 Å². The molecule has 1 unspecified atom stereocenters. The molecule has 2 rings (SSSR count). The van der Waals surface area contributed by atoms with Crippen LogP contribution in [0.4, 0.5) is 0 Å². The van der Waals surface area contributed by atoms with Crippen molar-refractivity contribution in [1.82, 2.24) is 4.98 Å². The van der Waals surface area contributed by atoms with E-state index in [0.29, 0.717) is 6.61 Å². The Bertz CT molecular complexity index is 553. The van der Waals surface area contributed by atoms with Crippen LogP contribution in [0.25, 0.3) is 10.2 Å². The highest BCUT2D eigenvalue weighted by Gasteiger charge is 2.17. The van der Waals surface area contributed by atoms with E-state index in [1.807, 2.05) is 6.07 Å². The summed E-state index contributed by atoms with van der Waals surface area (Å²) in [6.45, 7) is 4.09. The van der Waals surface area contributed by atoms with E-state index in [1.54, 1.807) is 0 Å². The Morgan fingerprint density at radius 2 is 2.05 bits per heavy atom. The van der Waals surface area contributed by atoms with Crippen LogP contribution in [0.5, 0.6) is 0 Å². The van der Waals surface area contributed by atoms with Crippen LogP contribution in [0.3, 0.4) is 0 Å². The molecule has 1 heterocycles. The van der Waals surface area contributed by atoms with Crippen LogP contribution < -0.4 is 24.0 Å². The third-order valence-electron chi connectivity index (χ3n) is 2.81. The fraction of sp³-hybridized carbons (Fsp3) is 0.429. The minimum Gasteiger partial charge on any atom is -1.00 e. The lowest BCUT2D eigenvalue weighted by atomic mass is 10.3. The first-order valence-electron chi connectivity index (χ1n) is 6.17. The van der Waals surface area contributed by atoms with Crippen molar-refractivity contribution in [3.8, 4) is 0 Å². The fourth-order valence-electron chi connectivity index (χ4n) is 1.96. The Balaban J connectivity index is 0.00000180. The number of fused-ring (bicyclic) bond motifs is 1. The summed E-state index contributed by atoms with van der Waals surface area (Å²) in [7, 11) is 0.148. The van der Waals surface area contributed by atoms with Gasteiger partial charge in [0.2, 0.25) is 9.71 Å². The summed E-state index contributed by atoms with van der Waals surface area (Å²) in [6.07, 6.45) is 2.00. The van der Waals surface area contributed by atoms with Crippen molar-refractivity contribution < 1.29 is 33.5 Å². The Morgan fingerprint density at radius 1 is 1.32 bits per heavy atom. The molecular formula is C14H18INO2S. The summed E-state index contributed by atoms with van der Waals surface area (Å²) in [6, 6.07) is 8.35. The van der Waals surface area contributed by atoms with E-state index in [1.165, 1.54) is 16.6 Å². The standard InChI is InChI=1S/C14H18NO2S.HI/c1-11-15-13-7-3-4-8-14(13)18(11)10-6-5-9-17-12(2)16;/h3-4,7-8H,5-6,9-10H2,1-2H3;1H/q+1;/p-1. The molecule has 3 nitrogen and oxygen atoms in total. The number of nitrogens with zero attached hydrogens (tertiary/aromatic N) is 1. The summed E-state index contributed by atoms with van der Waals surface area (Å²) >= 11 is 0. The molecule has 0 spiro atoms. The molecule has 5 heteroatoms. The number of carbonyl (C=O) groups excluding carboxylic acids is 1. The lowest BCUT2D eigenvalue weighted by Crippen LogP contribution is -3.00. The number of hydrogen-bond donors (Lipinski definition) is 0. The van der Waals surface area contributed by atoms with Gasteiger partial charge in [0.05, 0.1) is 6.61 Å². The van der Waals surface area contributed by atoms with Crippen LogP contribution in [0, 0.1) is 6.92 Å². The molecule has 0 saturated carbocycles. The lowest BCUT2D eigenvalue weighted by Gasteiger charge is -1.99. The van der Waals surface area contributed by atoms with Gasteiger partial charge >= 0.3 is 5.97 Å². The van der Waals surface area contributed by atoms with Crippen LogP contribution >= 0.6 is 10.5 Å². The molecule has 0 fully saturated rings. The smallest absolute Gasteiger partial charge is 0.302 e. The topological polar surface area (TPSA) is 39.2 Å². The third kappa shape index (κ3) is 4.42. The van der Waals surface area contributed by atoms with Crippen molar-refractivity contribution in [3.05, 3.63) is 29.3 Å². The molecule has 104 valence electrons. The number of aromatic nitrogens is 1. The average molecular weight is 391 g/mol. The first-order valence-corrected chi connectivity index (χ1v) is 7.56. The van der Waals surface area contributed by atoms with Gasteiger partial charge in [-0.05, 0) is 18.9 Å². The highest BCUT2D eigenvalue weighted by molar-refractivity contribution is 7.36. The van der Waals surface area contributed by atoms with Crippen LogP contribution in [0.15, 0.2) is 24.3 Å². The van der Waals surface area contributed by atoms with E-state index in [0.717, 1.165) is 24.1 Å². The Morgan fingerprint density at radius 3 is 2.79 bits per heavy atom. The zero-order valence-corrected chi connectivity index (χ0v) is 14.2. The van der Waals surface area contributed by atoms with Gasteiger partial charge in [-0.25, -0.2) is 0 Å². The van der Waals surface area contributed by atoms with E-state index < -0.39 is 0 Å². The first-order chi connectivity index (χ1) is 8.68. The normalized spacial score (nSPS) is 11.2. The van der Waals surface area contributed by atoms with Crippen LogP contribution in [0.1, 0.15) is 24.8 Å².